The average Bonchev–Trinajstić information content (AvgIpc) is 2.93. The van der Waals surface area contributed by atoms with E-state index in [0.717, 1.165) is 17.5 Å². The van der Waals surface area contributed by atoms with Gasteiger partial charge in [0, 0.05) is 49.3 Å². The summed E-state index contributed by atoms with van der Waals surface area (Å²) in [6.45, 7) is 8.29. The summed E-state index contributed by atoms with van der Waals surface area (Å²) < 4.78 is 5.12. The molecule has 8 heteroatoms. The van der Waals surface area contributed by atoms with Gasteiger partial charge >= 0.3 is 6.09 Å². The lowest BCUT2D eigenvalue weighted by molar-refractivity contribution is 0.102. The molecule has 0 aliphatic carbocycles. The lowest BCUT2D eigenvalue weighted by atomic mass is 9.75. The summed E-state index contributed by atoms with van der Waals surface area (Å²) in [5.74, 6) is 0.294. The highest BCUT2D eigenvalue weighted by Gasteiger charge is 2.29. The largest absolute Gasteiger partial charge is 0.450 e. The van der Waals surface area contributed by atoms with E-state index >= 15 is 0 Å². The van der Waals surface area contributed by atoms with Crippen LogP contribution in [0.1, 0.15) is 48.7 Å². The summed E-state index contributed by atoms with van der Waals surface area (Å²) in [5.41, 5.74) is 4.45. The standard InChI is InChI=1S/C29H33N5O3/c1-4-37-28(36)34-18-13-23(14-19-34)29(2,3)22-7-9-24(10-8-22)33-27(35)25-6-5-15-31-26(25)32-20-21-11-16-30-17-12-21/h5-13,15-17H,4,14,18-20H2,1-3H3,(H,31,32)(H,33,35). The molecule has 0 fully saturated rings. The molecule has 0 unspecified atom stereocenters. The molecule has 3 heterocycles. The average molecular weight is 500 g/mol. The second-order valence-electron chi connectivity index (χ2n) is 9.39. The number of pyridine rings is 2. The predicted molar refractivity (Wildman–Crippen MR) is 145 cm³/mol. The van der Waals surface area contributed by atoms with Gasteiger partial charge in [-0.15, -0.1) is 0 Å². The van der Waals surface area contributed by atoms with Crippen molar-refractivity contribution >= 4 is 23.5 Å². The van der Waals surface area contributed by atoms with E-state index in [1.54, 1.807) is 35.6 Å². The van der Waals surface area contributed by atoms with E-state index in [-0.39, 0.29) is 17.4 Å². The van der Waals surface area contributed by atoms with Crippen LogP contribution in [0.25, 0.3) is 0 Å². The third-order valence-electron chi connectivity index (χ3n) is 6.66. The van der Waals surface area contributed by atoms with Gasteiger partial charge in [-0.3, -0.25) is 9.78 Å². The molecule has 1 aliphatic heterocycles. The van der Waals surface area contributed by atoms with Crippen LogP contribution < -0.4 is 10.6 Å². The number of ether oxygens (including phenoxy) is 1. The van der Waals surface area contributed by atoms with Crippen LogP contribution in [0, 0.1) is 0 Å². The summed E-state index contributed by atoms with van der Waals surface area (Å²) in [5, 5.41) is 6.22. The Morgan fingerprint density at radius 3 is 2.49 bits per heavy atom. The topological polar surface area (TPSA) is 96.5 Å². The van der Waals surface area contributed by atoms with Crippen LogP contribution in [0.4, 0.5) is 16.3 Å². The van der Waals surface area contributed by atoms with E-state index in [4.69, 9.17) is 4.74 Å². The van der Waals surface area contributed by atoms with Crippen LogP contribution in [0.2, 0.25) is 0 Å². The van der Waals surface area contributed by atoms with Gasteiger partial charge < -0.3 is 20.3 Å². The van der Waals surface area contributed by atoms with Gasteiger partial charge in [0.1, 0.15) is 5.82 Å². The lowest BCUT2D eigenvalue weighted by Gasteiger charge is -2.34. The first-order valence-electron chi connectivity index (χ1n) is 12.5. The van der Waals surface area contributed by atoms with E-state index < -0.39 is 0 Å². The number of carbonyl (C=O) groups excluding carboxylic acids is 2. The van der Waals surface area contributed by atoms with Crippen LogP contribution in [-0.2, 0) is 16.7 Å². The number of carbonyl (C=O) groups is 2. The van der Waals surface area contributed by atoms with Crippen LogP contribution in [0.15, 0.2) is 78.8 Å². The smallest absolute Gasteiger partial charge is 0.410 e. The van der Waals surface area contributed by atoms with E-state index in [1.807, 2.05) is 43.3 Å². The molecule has 0 saturated heterocycles. The van der Waals surface area contributed by atoms with Crippen LogP contribution in [0.5, 0.6) is 0 Å². The molecular formula is C29H33N5O3. The van der Waals surface area contributed by atoms with Crippen molar-refractivity contribution in [3.63, 3.8) is 0 Å². The Bertz CT molecular complexity index is 1260. The Labute approximate surface area is 217 Å². The van der Waals surface area contributed by atoms with Gasteiger partial charge in [-0.05, 0) is 60.9 Å². The van der Waals surface area contributed by atoms with Gasteiger partial charge in [-0.25, -0.2) is 9.78 Å². The van der Waals surface area contributed by atoms with E-state index in [9.17, 15) is 9.59 Å². The van der Waals surface area contributed by atoms with Crippen molar-refractivity contribution in [3.05, 3.63) is 95.5 Å². The summed E-state index contributed by atoms with van der Waals surface area (Å²) >= 11 is 0. The van der Waals surface area contributed by atoms with E-state index in [0.29, 0.717) is 43.3 Å². The molecule has 2 N–H and O–H groups in total. The van der Waals surface area contributed by atoms with Crippen LogP contribution in [-0.4, -0.2) is 46.6 Å². The second kappa shape index (κ2) is 11.7. The molecular weight excluding hydrogens is 466 g/mol. The van der Waals surface area contributed by atoms with Gasteiger partial charge in [0.2, 0.25) is 0 Å². The summed E-state index contributed by atoms with van der Waals surface area (Å²) in [4.78, 5) is 35.2. The third-order valence-corrected chi connectivity index (χ3v) is 6.66. The molecule has 3 aromatic rings. The Hall–Kier alpha value is -4.20. The van der Waals surface area contributed by atoms with Crippen molar-refractivity contribution in [3.8, 4) is 0 Å². The molecule has 4 rings (SSSR count). The fraction of sp³-hybridized carbons (Fsp3) is 0.310. The van der Waals surface area contributed by atoms with Gasteiger partial charge in [-0.1, -0.05) is 37.6 Å². The molecule has 0 spiro atoms. The molecule has 192 valence electrons. The summed E-state index contributed by atoms with van der Waals surface area (Å²) in [7, 11) is 0. The first-order valence-corrected chi connectivity index (χ1v) is 12.5. The van der Waals surface area contributed by atoms with Crippen molar-refractivity contribution in [2.45, 2.75) is 39.2 Å². The minimum absolute atomic E-state index is 0.198. The number of nitrogens with zero attached hydrogens (tertiary/aromatic N) is 3. The first-order chi connectivity index (χ1) is 17.9. The number of rotatable bonds is 8. The third kappa shape index (κ3) is 6.33. The van der Waals surface area contributed by atoms with E-state index in [2.05, 4.69) is 40.5 Å². The highest BCUT2D eigenvalue weighted by Crippen LogP contribution is 2.35. The molecule has 2 aromatic heterocycles. The number of benzene rings is 1. The SMILES string of the molecule is CCOC(=O)N1CC=C(C(C)(C)c2ccc(NC(=O)c3cccnc3NCc3ccncc3)cc2)CC1. The number of aromatic nitrogens is 2. The molecule has 0 atom stereocenters. The van der Waals surface area contributed by atoms with Crippen molar-refractivity contribution in [1.29, 1.82) is 0 Å². The quantitative estimate of drug-likeness (QED) is 0.403. The second-order valence-corrected chi connectivity index (χ2v) is 9.39. The lowest BCUT2D eigenvalue weighted by Crippen LogP contribution is -2.37. The Kier molecular flexibility index (Phi) is 8.18. The zero-order chi connectivity index (χ0) is 26.3. The predicted octanol–water partition coefficient (Wildman–Crippen LogP) is 5.41. The molecule has 2 amide bonds. The highest BCUT2D eigenvalue weighted by molar-refractivity contribution is 6.07. The number of hydrogen-bond acceptors (Lipinski definition) is 6. The minimum atomic E-state index is -0.264. The van der Waals surface area contributed by atoms with Crippen molar-refractivity contribution in [1.82, 2.24) is 14.9 Å². The van der Waals surface area contributed by atoms with Gasteiger partial charge in [0.15, 0.2) is 0 Å². The minimum Gasteiger partial charge on any atom is -0.450 e. The van der Waals surface area contributed by atoms with Gasteiger partial charge in [0.25, 0.3) is 5.91 Å². The molecule has 37 heavy (non-hydrogen) atoms. The summed E-state index contributed by atoms with van der Waals surface area (Å²) in [6.07, 6.45) is 7.78. The number of amides is 2. The highest BCUT2D eigenvalue weighted by atomic mass is 16.6. The molecule has 0 bridgehead atoms. The fourth-order valence-corrected chi connectivity index (χ4v) is 4.39. The maximum Gasteiger partial charge on any atom is 0.410 e. The van der Waals surface area contributed by atoms with E-state index in [1.165, 1.54) is 5.57 Å². The molecule has 1 aliphatic rings. The maximum atomic E-state index is 13.1. The Morgan fingerprint density at radius 2 is 1.81 bits per heavy atom. The van der Waals surface area contributed by atoms with Crippen LogP contribution in [0.3, 0.4) is 0 Å². The number of hydrogen-bond donors (Lipinski definition) is 2. The first kappa shape index (κ1) is 25.9. The van der Waals surface area contributed by atoms with Gasteiger partial charge in [0.05, 0.1) is 12.2 Å². The number of anilines is 2. The molecule has 1 aromatic carbocycles. The molecule has 0 saturated carbocycles. The van der Waals surface area contributed by atoms with Crippen molar-refractivity contribution in [2.24, 2.45) is 0 Å². The monoisotopic (exact) mass is 499 g/mol. The van der Waals surface area contributed by atoms with Crippen molar-refractivity contribution in [2.75, 3.05) is 30.3 Å². The van der Waals surface area contributed by atoms with Crippen LogP contribution >= 0.6 is 0 Å². The maximum absolute atomic E-state index is 13.1. The number of nitrogens with one attached hydrogen (secondary N) is 2. The van der Waals surface area contributed by atoms with Crippen molar-refractivity contribution < 1.29 is 14.3 Å². The zero-order valence-electron chi connectivity index (χ0n) is 21.5. The normalized spacial score (nSPS) is 13.5. The Balaban J connectivity index is 1.40. The summed E-state index contributed by atoms with van der Waals surface area (Å²) in [6, 6.07) is 15.3. The molecule has 0 radical (unpaired) electrons. The zero-order valence-corrected chi connectivity index (χ0v) is 21.5. The Morgan fingerprint density at radius 1 is 1.05 bits per heavy atom. The fourth-order valence-electron chi connectivity index (χ4n) is 4.39. The molecule has 8 nitrogen and oxygen atoms in total. The van der Waals surface area contributed by atoms with Gasteiger partial charge in [-0.2, -0.15) is 0 Å².